The van der Waals surface area contributed by atoms with Gasteiger partial charge in [-0.05, 0) is 54.3 Å². The Hall–Kier alpha value is -4.70. The number of hydrogen-bond acceptors (Lipinski definition) is 21. The molecule has 0 aliphatic heterocycles. The second-order valence-electron chi connectivity index (χ2n) is 10.4. The largest absolute Gasteiger partial charge is 1.00 e. The third kappa shape index (κ3) is 10.5. The number of aryl methyl sites for hydroxylation is 1. The third-order valence-electron chi connectivity index (χ3n) is 6.88. The minimum atomic E-state index is -5.19. The van der Waals surface area contributed by atoms with E-state index in [9.17, 15) is 58.9 Å². The summed E-state index contributed by atoms with van der Waals surface area (Å²) in [6.07, 6.45) is 0. The molecule has 26 heteroatoms. The second-order valence-corrected chi connectivity index (χ2v) is 12.5. The van der Waals surface area contributed by atoms with E-state index in [0.717, 1.165) is 48.5 Å². The first-order valence-electron chi connectivity index (χ1n) is 14.0. The van der Waals surface area contributed by atoms with Gasteiger partial charge in [0.15, 0.2) is 5.75 Å². The number of nitro groups is 2. The molecule has 0 aromatic heterocycles. The molecule has 0 atom stereocenters. The monoisotopic (exact) mass is 812 g/mol. The maximum absolute atomic E-state index is 12.1. The van der Waals surface area contributed by atoms with Crippen LogP contribution in [0.2, 0.25) is 0 Å². The number of rotatable bonds is 12. The zero-order valence-electron chi connectivity index (χ0n) is 28.1. The van der Waals surface area contributed by atoms with E-state index in [1.807, 2.05) is 0 Å². The minimum Gasteiger partial charge on any atom is -0.744 e. The Morgan fingerprint density at radius 3 is 1.87 bits per heavy atom. The fourth-order valence-electron chi connectivity index (χ4n) is 4.51. The molecular weight excluding hydrogens is 794 g/mol. The van der Waals surface area contributed by atoms with Crippen molar-refractivity contribution in [3.05, 3.63) is 92.5 Å². The van der Waals surface area contributed by atoms with Crippen molar-refractivity contribution in [2.45, 2.75) is 16.7 Å². The van der Waals surface area contributed by atoms with Crippen molar-refractivity contribution in [2.75, 3.05) is 0 Å². The van der Waals surface area contributed by atoms with E-state index in [0.29, 0.717) is 5.56 Å². The quantitative estimate of drug-likeness (QED) is 0.0261. The number of phenolic OH excluding ortho intramolecular Hbond substituents is 4. The number of fused-ring (bicyclic) bond motifs is 1. The van der Waals surface area contributed by atoms with Crippen molar-refractivity contribution >= 4 is 78.4 Å². The summed E-state index contributed by atoms with van der Waals surface area (Å²) in [5, 5.41) is 101. The van der Waals surface area contributed by atoms with Crippen molar-refractivity contribution in [3.63, 3.8) is 0 Å². The number of nitrogens with zero attached hydrogens (tertiary/aromatic N) is 8. The summed E-state index contributed by atoms with van der Waals surface area (Å²) in [7, 11) is -5.19. The van der Waals surface area contributed by atoms with E-state index >= 15 is 0 Å². The number of azo groups is 3. The summed E-state index contributed by atoms with van der Waals surface area (Å²) in [6.45, 7) is 1.50. The first-order chi connectivity index (χ1) is 25.1. The molecule has 0 unspecified atom stereocenters. The summed E-state index contributed by atoms with van der Waals surface area (Å²) >= 11 is 0.214. The molecule has 0 spiro atoms. The molecule has 5 aromatic rings. The summed E-state index contributed by atoms with van der Waals surface area (Å²) < 4.78 is 40.5. The molecule has 0 aliphatic carbocycles. The molecule has 0 saturated carbocycles. The number of aromatic hydroxyl groups is 4. The predicted octanol–water partition coefficient (Wildman–Crippen LogP) is 1.18. The van der Waals surface area contributed by atoms with E-state index in [4.69, 9.17) is 0 Å². The Bertz CT molecular complexity index is 2510. The van der Waals surface area contributed by atoms with Crippen LogP contribution in [0.4, 0.5) is 45.5 Å². The van der Waals surface area contributed by atoms with Gasteiger partial charge in [-0.25, -0.2) is 8.42 Å². The molecular formula is C29H18N8Na2O14S2. The second kappa shape index (κ2) is 18.8. The Labute approximate surface area is 355 Å². The van der Waals surface area contributed by atoms with Gasteiger partial charge in [0.1, 0.15) is 44.4 Å². The van der Waals surface area contributed by atoms with Crippen LogP contribution in [0.25, 0.3) is 10.8 Å². The predicted molar refractivity (Wildman–Crippen MR) is 176 cm³/mol. The van der Waals surface area contributed by atoms with Crippen LogP contribution in [0, 0.1) is 27.2 Å². The van der Waals surface area contributed by atoms with E-state index in [1.165, 1.54) is 25.1 Å². The number of nitro benzene ring substituents is 2. The van der Waals surface area contributed by atoms with Crippen LogP contribution in [0.15, 0.2) is 107 Å². The maximum atomic E-state index is 12.1. The van der Waals surface area contributed by atoms with Gasteiger partial charge in [0.25, 0.3) is 5.69 Å². The molecule has 0 aliphatic rings. The number of phenols is 4. The van der Waals surface area contributed by atoms with Crippen LogP contribution >= 0.6 is 12.0 Å². The Morgan fingerprint density at radius 1 is 0.709 bits per heavy atom. The first-order valence-corrected chi connectivity index (χ1v) is 16.2. The molecule has 0 saturated heterocycles. The van der Waals surface area contributed by atoms with Crippen molar-refractivity contribution < 1.29 is 117 Å². The van der Waals surface area contributed by atoms with E-state index < -0.39 is 70.6 Å². The molecule has 55 heavy (non-hydrogen) atoms. The van der Waals surface area contributed by atoms with Gasteiger partial charge in [-0.15, -0.1) is 25.6 Å². The van der Waals surface area contributed by atoms with Gasteiger partial charge >= 0.3 is 64.8 Å². The van der Waals surface area contributed by atoms with Gasteiger partial charge in [-0.3, -0.25) is 25.3 Å². The minimum absolute atomic E-state index is 0. The fourth-order valence-corrected chi connectivity index (χ4v) is 5.53. The van der Waals surface area contributed by atoms with Gasteiger partial charge < -0.3 is 30.2 Å². The third-order valence-corrected chi connectivity index (χ3v) is 8.31. The summed E-state index contributed by atoms with van der Waals surface area (Å²) in [6, 6.07) is 11.5. The van der Waals surface area contributed by atoms with Crippen LogP contribution in [0.3, 0.4) is 0 Å². The number of hydrogen-bond donors (Lipinski definition) is 4. The van der Waals surface area contributed by atoms with E-state index in [-0.39, 0.29) is 110 Å². The van der Waals surface area contributed by atoms with Crippen molar-refractivity contribution in [3.8, 4) is 23.0 Å². The molecule has 4 N–H and O–H groups in total. The SMILES string of the molecule is Cc1cc(N=Nc2cc(N=Nc3cc(S(=O)(=O)[O-])cc4cc(SOO[O-])c(N=Nc5ccc([N+](=O)[O-])cc5)c(O)c34)c(O)cc2O)c(O)c([N+](=O)[O-])c1.[Na+].[Na+]. The first kappa shape index (κ1) is 44.7. The van der Waals surface area contributed by atoms with Crippen LogP contribution in [-0.4, -0.2) is 43.2 Å². The van der Waals surface area contributed by atoms with Gasteiger partial charge in [-0.2, -0.15) is 9.45 Å². The molecule has 0 amide bonds. The van der Waals surface area contributed by atoms with Crippen molar-refractivity contribution in [2.24, 2.45) is 30.7 Å². The normalized spacial score (nSPS) is 11.6. The average Bonchev–Trinajstić information content (AvgIpc) is 3.10. The topological polar surface area (TPSA) is 340 Å². The van der Waals surface area contributed by atoms with Gasteiger partial charge in [0, 0.05) is 30.3 Å². The Morgan fingerprint density at radius 2 is 1.31 bits per heavy atom. The molecule has 5 rings (SSSR count). The van der Waals surface area contributed by atoms with Crippen molar-refractivity contribution in [1.29, 1.82) is 0 Å². The standard InChI is InChI=1S/C29H20N8O14S2.2Na/c1-13-6-21(28(40)22(7-13)37(44)45)34-32-19-11-18(23(38)12-24(19)39)31-33-20-10-17(53(47,48)49)8-14-9-25(52-51-50-46)27(29(41)26(14)20)35-30-15-2-4-16(5-3-15)36(42)43;;/h2-12,38-41,46H,1H3,(H,47,48,49);;/q;2*+1/p-2. The smallest absolute Gasteiger partial charge is 0.744 e. The Kier molecular flexibility index (Phi) is 15.2. The number of benzene rings is 5. The van der Waals surface area contributed by atoms with Crippen LogP contribution in [0.5, 0.6) is 23.0 Å². The fraction of sp³-hybridized carbons (Fsp3) is 0.0345. The zero-order valence-corrected chi connectivity index (χ0v) is 33.7. The average molecular weight is 813 g/mol. The van der Waals surface area contributed by atoms with E-state index in [2.05, 4.69) is 40.1 Å². The summed E-state index contributed by atoms with van der Waals surface area (Å²) in [4.78, 5) is 19.7. The molecule has 272 valence electrons. The molecule has 0 heterocycles. The molecule has 22 nitrogen and oxygen atoms in total. The summed E-state index contributed by atoms with van der Waals surface area (Å²) in [5.41, 5.74) is -2.56. The van der Waals surface area contributed by atoms with E-state index in [1.54, 1.807) is 0 Å². The van der Waals surface area contributed by atoms with Crippen LogP contribution < -0.4 is 64.4 Å². The van der Waals surface area contributed by atoms with Gasteiger partial charge in [0.2, 0.25) is 5.75 Å². The maximum Gasteiger partial charge on any atom is 1.00 e. The molecule has 0 bridgehead atoms. The molecule has 5 aromatic carbocycles. The molecule has 0 radical (unpaired) electrons. The van der Waals surface area contributed by atoms with Gasteiger partial charge in [0.05, 0.1) is 48.4 Å². The van der Waals surface area contributed by atoms with Crippen LogP contribution in [-0.2, 0) is 19.5 Å². The van der Waals surface area contributed by atoms with Crippen molar-refractivity contribution in [1.82, 2.24) is 0 Å². The Balaban J connectivity index is 0.00000406. The molecule has 0 fully saturated rings. The zero-order chi connectivity index (χ0) is 38.6. The summed E-state index contributed by atoms with van der Waals surface area (Å²) in [5.74, 6) is -2.95. The number of non-ortho nitro benzene ring substituents is 1. The van der Waals surface area contributed by atoms with Crippen LogP contribution in [0.1, 0.15) is 5.56 Å². The van der Waals surface area contributed by atoms with Gasteiger partial charge in [-0.1, -0.05) is 0 Å².